The molecule has 0 N–H and O–H groups in total. The topological polar surface area (TPSA) is 81.6 Å². The summed E-state index contributed by atoms with van der Waals surface area (Å²) >= 11 is 0. The van der Waals surface area contributed by atoms with Crippen molar-refractivity contribution in [3.8, 4) is 5.75 Å². The number of aromatic nitrogens is 2. The highest BCUT2D eigenvalue weighted by Gasteiger charge is 2.43. The number of rotatable bonds is 3. The van der Waals surface area contributed by atoms with Gasteiger partial charge in [0.1, 0.15) is 5.75 Å². The predicted octanol–water partition coefficient (Wildman–Crippen LogP) is 1.71. The van der Waals surface area contributed by atoms with Crippen LogP contribution in [0.25, 0.3) is 0 Å². The van der Waals surface area contributed by atoms with Crippen LogP contribution in [0.4, 0.5) is 11.6 Å². The third kappa shape index (κ3) is 2.16. The zero-order valence-electron chi connectivity index (χ0n) is 12.0. The van der Waals surface area contributed by atoms with E-state index < -0.39 is 12.2 Å². The van der Waals surface area contributed by atoms with Crippen molar-refractivity contribution in [2.75, 3.05) is 12.0 Å². The Morgan fingerprint density at radius 2 is 1.95 bits per heavy atom. The number of ketones is 1. The first-order valence-electron chi connectivity index (χ1n) is 6.58. The largest absolute Gasteiger partial charge is 0.496 e. The van der Waals surface area contributed by atoms with Crippen molar-refractivity contribution in [3.63, 3.8) is 0 Å². The number of anilines is 2. The average Bonchev–Trinajstić information content (AvgIpc) is 2.80. The molecule has 7 nitrogen and oxygen atoms in total. The van der Waals surface area contributed by atoms with Crippen LogP contribution in [-0.2, 0) is 9.53 Å². The lowest BCUT2D eigenvalue weighted by Gasteiger charge is -2.23. The van der Waals surface area contributed by atoms with E-state index in [4.69, 9.17) is 9.47 Å². The van der Waals surface area contributed by atoms with E-state index in [0.717, 1.165) is 0 Å². The van der Waals surface area contributed by atoms with Gasteiger partial charge in [0.2, 0.25) is 18.0 Å². The van der Waals surface area contributed by atoms with E-state index in [1.165, 1.54) is 18.9 Å². The number of methoxy groups -OCH3 is 1. The first-order chi connectivity index (χ1) is 10.6. The number of Topliss-reactive ketones (excluding diaryl/α,β-unsaturated/α-hetero) is 1. The molecule has 2 heterocycles. The number of hydrogen-bond donors (Lipinski definition) is 0. The van der Waals surface area contributed by atoms with Crippen molar-refractivity contribution in [3.05, 3.63) is 42.2 Å². The number of ether oxygens (including phenoxy) is 2. The summed E-state index contributed by atoms with van der Waals surface area (Å²) in [7, 11) is 1.48. The molecule has 3 rings (SSSR count). The molecular weight excluding hydrogens is 286 g/mol. The van der Waals surface area contributed by atoms with Crippen LogP contribution < -0.4 is 9.64 Å². The van der Waals surface area contributed by atoms with Gasteiger partial charge in [0.15, 0.2) is 0 Å². The average molecular weight is 299 g/mol. The summed E-state index contributed by atoms with van der Waals surface area (Å²) in [6.07, 6.45) is 1.97. The maximum atomic E-state index is 12.6. The van der Waals surface area contributed by atoms with Gasteiger partial charge in [0, 0.05) is 19.3 Å². The second-order valence-corrected chi connectivity index (χ2v) is 4.60. The molecule has 112 valence electrons. The number of benzene rings is 1. The maximum absolute atomic E-state index is 12.6. The highest BCUT2D eigenvalue weighted by molar-refractivity contribution is 6.14. The van der Waals surface area contributed by atoms with Crippen molar-refractivity contribution >= 4 is 23.4 Å². The molecule has 0 spiro atoms. The molecule has 0 amide bonds. The van der Waals surface area contributed by atoms with Crippen LogP contribution in [0.5, 0.6) is 5.75 Å². The van der Waals surface area contributed by atoms with E-state index in [1.807, 2.05) is 0 Å². The minimum atomic E-state index is -1.13. The van der Waals surface area contributed by atoms with E-state index >= 15 is 0 Å². The van der Waals surface area contributed by atoms with Crippen molar-refractivity contribution in [2.24, 2.45) is 0 Å². The number of carbonyl (C=O) groups excluding carboxylic acids is 2. The second-order valence-electron chi connectivity index (χ2n) is 4.60. The minimum absolute atomic E-state index is 0.272. The quantitative estimate of drug-likeness (QED) is 0.798. The van der Waals surface area contributed by atoms with Crippen LogP contribution in [-0.4, -0.2) is 35.1 Å². The summed E-state index contributed by atoms with van der Waals surface area (Å²) < 4.78 is 10.4. The summed E-state index contributed by atoms with van der Waals surface area (Å²) in [5, 5.41) is 0. The molecule has 1 unspecified atom stereocenters. The van der Waals surface area contributed by atoms with Gasteiger partial charge in [-0.1, -0.05) is 6.07 Å². The molecule has 0 saturated heterocycles. The van der Waals surface area contributed by atoms with Crippen molar-refractivity contribution in [1.82, 2.24) is 9.97 Å². The van der Waals surface area contributed by atoms with Crippen LogP contribution in [0, 0.1) is 0 Å². The van der Waals surface area contributed by atoms with Gasteiger partial charge in [-0.05, 0) is 18.2 Å². The van der Waals surface area contributed by atoms with Crippen LogP contribution in [0.3, 0.4) is 0 Å². The summed E-state index contributed by atoms with van der Waals surface area (Å²) in [5.74, 6) is -0.242. The summed E-state index contributed by atoms with van der Waals surface area (Å²) in [4.78, 5) is 33.8. The van der Waals surface area contributed by atoms with Crippen molar-refractivity contribution in [1.29, 1.82) is 0 Å². The second kappa shape index (κ2) is 5.44. The van der Waals surface area contributed by atoms with Gasteiger partial charge in [0.05, 0.1) is 18.4 Å². The minimum Gasteiger partial charge on any atom is -0.496 e. The van der Waals surface area contributed by atoms with Gasteiger partial charge in [-0.3, -0.25) is 14.5 Å². The molecule has 1 aliphatic rings. The van der Waals surface area contributed by atoms with Gasteiger partial charge < -0.3 is 9.47 Å². The fraction of sp³-hybridized carbons (Fsp3) is 0.200. The van der Waals surface area contributed by atoms with E-state index in [1.54, 1.807) is 36.7 Å². The summed E-state index contributed by atoms with van der Waals surface area (Å²) in [6.45, 7) is 1.25. The lowest BCUT2D eigenvalue weighted by molar-refractivity contribution is -0.143. The Hall–Kier alpha value is -2.96. The standard InChI is InChI=1S/C15H13N3O4/c1-9(19)22-14-13(20)12-10(5-3-6-11(12)21-2)18(14)15-16-7-4-8-17-15/h3-8,14H,1-2H3. The number of carbonyl (C=O) groups is 2. The molecule has 0 bridgehead atoms. The van der Waals surface area contributed by atoms with E-state index in [-0.39, 0.29) is 11.7 Å². The van der Waals surface area contributed by atoms with Crippen molar-refractivity contribution < 1.29 is 19.1 Å². The molecule has 0 fully saturated rings. The molecule has 1 atom stereocenters. The third-order valence-electron chi connectivity index (χ3n) is 3.23. The smallest absolute Gasteiger partial charge is 0.304 e. The van der Waals surface area contributed by atoms with Gasteiger partial charge in [0.25, 0.3) is 0 Å². The first kappa shape index (κ1) is 14.0. The Balaban J connectivity index is 2.17. The lowest BCUT2D eigenvalue weighted by atomic mass is 10.1. The predicted molar refractivity (Wildman–Crippen MR) is 77.0 cm³/mol. The Bertz CT molecular complexity index is 733. The Morgan fingerprint density at radius 3 is 2.59 bits per heavy atom. The molecule has 0 radical (unpaired) electrons. The first-order valence-corrected chi connectivity index (χ1v) is 6.58. The lowest BCUT2D eigenvalue weighted by Crippen LogP contribution is -2.36. The Morgan fingerprint density at radius 1 is 1.23 bits per heavy atom. The zero-order valence-corrected chi connectivity index (χ0v) is 12.0. The van der Waals surface area contributed by atoms with Crippen molar-refractivity contribution in [2.45, 2.75) is 13.2 Å². The summed E-state index contributed by atoms with van der Waals surface area (Å²) in [6, 6.07) is 6.82. The molecule has 0 aliphatic carbocycles. The SMILES string of the molecule is COc1cccc2c1C(=O)C(OC(C)=O)N2c1ncccn1. The van der Waals surface area contributed by atoms with Gasteiger partial charge in [-0.15, -0.1) is 0 Å². The fourth-order valence-electron chi connectivity index (χ4n) is 2.40. The summed E-state index contributed by atoms with van der Waals surface area (Å²) in [5.41, 5.74) is 0.894. The van der Waals surface area contributed by atoms with Crippen LogP contribution in [0.2, 0.25) is 0 Å². The highest BCUT2D eigenvalue weighted by Crippen LogP contribution is 2.41. The molecule has 1 aromatic heterocycles. The van der Waals surface area contributed by atoms with Crippen LogP contribution in [0.1, 0.15) is 17.3 Å². The van der Waals surface area contributed by atoms with Gasteiger partial charge in [-0.25, -0.2) is 9.97 Å². The zero-order chi connectivity index (χ0) is 15.7. The molecule has 1 aromatic carbocycles. The number of esters is 1. The third-order valence-corrected chi connectivity index (χ3v) is 3.23. The van der Waals surface area contributed by atoms with Crippen LogP contribution in [0.15, 0.2) is 36.7 Å². The Kier molecular flexibility index (Phi) is 3.46. The number of fused-ring (bicyclic) bond motifs is 1. The number of nitrogens with zero attached hydrogens (tertiary/aromatic N) is 3. The maximum Gasteiger partial charge on any atom is 0.304 e. The molecule has 22 heavy (non-hydrogen) atoms. The normalized spacial score (nSPS) is 16.4. The molecule has 7 heteroatoms. The van der Waals surface area contributed by atoms with E-state index in [0.29, 0.717) is 17.0 Å². The molecule has 1 aliphatic heterocycles. The number of hydrogen-bond acceptors (Lipinski definition) is 7. The fourth-order valence-corrected chi connectivity index (χ4v) is 2.40. The monoisotopic (exact) mass is 299 g/mol. The van der Waals surface area contributed by atoms with E-state index in [9.17, 15) is 9.59 Å². The highest BCUT2D eigenvalue weighted by atomic mass is 16.6. The van der Waals surface area contributed by atoms with Crippen LogP contribution >= 0.6 is 0 Å². The molecular formula is C15H13N3O4. The molecule has 2 aromatic rings. The molecule has 0 saturated carbocycles. The van der Waals surface area contributed by atoms with Gasteiger partial charge >= 0.3 is 5.97 Å². The van der Waals surface area contributed by atoms with Gasteiger partial charge in [-0.2, -0.15) is 0 Å². The Labute approximate surface area is 126 Å². The van der Waals surface area contributed by atoms with E-state index in [2.05, 4.69) is 9.97 Å².